The van der Waals surface area contributed by atoms with Gasteiger partial charge in [0.25, 0.3) is 0 Å². The first-order chi connectivity index (χ1) is 14.8. The average Bonchev–Trinajstić information content (AvgIpc) is 3.42. The number of carbonyl (C=O) groups is 1. The second-order valence-corrected chi connectivity index (χ2v) is 10.6. The van der Waals surface area contributed by atoms with Crippen molar-refractivity contribution in [1.82, 2.24) is 14.5 Å². The lowest BCUT2D eigenvalue weighted by atomic mass is 10.3. The largest absolute Gasteiger partial charge is 0.495 e. The summed E-state index contributed by atoms with van der Waals surface area (Å²) in [5.41, 5.74) is 0.352. The number of sulfonamides is 1. The quantitative estimate of drug-likeness (QED) is 0.418. The van der Waals surface area contributed by atoms with Crippen LogP contribution < -0.4 is 15.4 Å². The zero-order valence-electron chi connectivity index (χ0n) is 17.0. The van der Waals surface area contributed by atoms with Gasteiger partial charge in [0.15, 0.2) is 4.34 Å². The summed E-state index contributed by atoms with van der Waals surface area (Å²) >= 11 is 2.56. The molecule has 2 aromatic heterocycles. The summed E-state index contributed by atoms with van der Waals surface area (Å²) < 4.78 is 37.1. The number of carbonyl (C=O) groups excluding carboxylic acids is 1. The Labute approximate surface area is 188 Å². The van der Waals surface area contributed by atoms with Gasteiger partial charge in [-0.2, -0.15) is 0 Å². The molecule has 0 bridgehead atoms. The number of rotatable bonds is 10. The number of benzene rings is 1. The molecule has 0 spiro atoms. The monoisotopic (exact) mass is 483 g/mol. The molecule has 0 aliphatic heterocycles. The van der Waals surface area contributed by atoms with E-state index in [2.05, 4.69) is 20.8 Å². The first-order valence-corrected chi connectivity index (χ1v) is 12.2. The minimum absolute atomic E-state index is 0.0261. The maximum absolute atomic E-state index is 12.5. The number of nitrogens with one attached hydrogen (secondary N) is 2. The summed E-state index contributed by atoms with van der Waals surface area (Å²) in [6.07, 6.45) is 1.60. The maximum Gasteiger partial charge on any atom is 0.246 e. The number of hydrogen-bond acceptors (Lipinski definition) is 10. The lowest BCUT2D eigenvalue weighted by molar-refractivity contribution is -0.113. The van der Waals surface area contributed by atoms with E-state index in [0.717, 1.165) is 10.1 Å². The molecule has 2 heterocycles. The van der Waals surface area contributed by atoms with Crippen LogP contribution in [0.5, 0.6) is 5.75 Å². The SMILES string of the molecule is COc1ccc(NC(=O)CSc2nnc(NCc3ccco3)s2)cc1S(=O)(=O)N(C)C. The summed E-state index contributed by atoms with van der Waals surface area (Å²) in [4.78, 5) is 12.3. The van der Waals surface area contributed by atoms with Crippen LogP contribution in [0.1, 0.15) is 5.76 Å². The van der Waals surface area contributed by atoms with E-state index in [4.69, 9.17) is 9.15 Å². The van der Waals surface area contributed by atoms with Gasteiger partial charge in [-0.25, -0.2) is 12.7 Å². The highest BCUT2D eigenvalue weighted by Crippen LogP contribution is 2.29. The van der Waals surface area contributed by atoms with Crippen LogP contribution in [0.25, 0.3) is 0 Å². The molecule has 13 heteroatoms. The van der Waals surface area contributed by atoms with Crippen molar-refractivity contribution in [3.8, 4) is 5.75 Å². The standard InChI is InChI=1S/C18H21N5O5S3/c1-23(2)31(25,26)15-9-12(6-7-14(15)27-3)20-16(24)11-29-18-22-21-17(30-18)19-10-13-5-4-8-28-13/h4-9H,10-11H2,1-3H3,(H,19,21)(H,20,24). The Morgan fingerprint density at radius 1 is 1.29 bits per heavy atom. The number of aromatic nitrogens is 2. The average molecular weight is 484 g/mol. The zero-order chi connectivity index (χ0) is 22.4. The highest BCUT2D eigenvalue weighted by Gasteiger charge is 2.23. The van der Waals surface area contributed by atoms with Crippen molar-refractivity contribution >= 4 is 49.8 Å². The Hall–Kier alpha value is -2.61. The molecule has 0 aliphatic rings. The molecule has 1 amide bonds. The van der Waals surface area contributed by atoms with Crippen LogP contribution in [0, 0.1) is 0 Å². The fourth-order valence-corrected chi connectivity index (χ4v) is 5.02. The number of furan rings is 1. The van der Waals surface area contributed by atoms with E-state index >= 15 is 0 Å². The number of nitrogens with zero attached hydrogens (tertiary/aromatic N) is 3. The second kappa shape index (κ2) is 10.1. The fourth-order valence-electron chi connectivity index (χ4n) is 2.39. The number of anilines is 2. The molecular formula is C18H21N5O5S3. The van der Waals surface area contributed by atoms with E-state index < -0.39 is 10.0 Å². The Bertz CT molecular complexity index is 1130. The van der Waals surface area contributed by atoms with Crippen LogP contribution in [0.15, 0.2) is 50.2 Å². The molecule has 0 fully saturated rings. The van der Waals surface area contributed by atoms with E-state index in [1.165, 1.54) is 56.4 Å². The number of hydrogen-bond donors (Lipinski definition) is 2. The van der Waals surface area contributed by atoms with Gasteiger partial charge in [0.05, 0.1) is 25.7 Å². The van der Waals surface area contributed by atoms with Gasteiger partial charge in [-0.05, 0) is 30.3 Å². The van der Waals surface area contributed by atoms with Gasteiger partial charge in [-0.15, -0.1) is 10.2 Å². The summed E-state index contributed by atoms with van der Waals surface area (Å²) in [6, 6.07) is 8.11. The van der Waals surface area contributed by atoms with E-state index in [1.54, 1.807) is 18.4 Å². The van der Waals surface area contributed by atoms with Gasteiger partial charge in [-0.1, -0.05) is 23.1 Å². The van der Waals surface area contributed by atoms with Crippen LogP contribution >= 0.6 is 23.1 Å². The lowest BCUT2D eigenvalue weighted by Crippen LogP contribution is -2.23. The predicted molar refractivity (Wildman–Crippen MR) is 119 cm³/mol. The van der Waals surface area contributed by atoms with Crippen molar-refractivity contribution in [3.63, 3.8) is 0 Å². The van der Waals surface area contributed by atoms with Crippen molar-refractivity contribution in [2.24, 2.45) is 0 Å². The predicted octanol–water partition coefficient (Wildman–Crippen LogP) is 2.73. The van der Waals surface area contributed by atoms with E-state index in [0.29, 0.717) is 21.7 Å². The third-order valence-corrected chi connectivity index (χ3v) is 7.78. The van der Waals surface area contributed by atoms with Crippen molar-refractivity contribution in [3.05, 3.63) is 42.4 Å². The normalized spacial score (nSPS) is 11.5. The molecular weight excluding hydrogens is 462 g/mol. The summed E-state index contributed by atoms with van der Waals surface area (Å²) in [5, 5.41) is 14.5. The van der Waals surface area contributed by atoms with Gasteiger partial charge in [-0.3, -0.25) is 4.79 Å². The molecule has 166 valence electrons. The molecule has 0 radical (unpaired) electrons. The Morgan fingerprint density at radius 2 is 2.10 bits per heavy atom. The zero-order valence-corrected chi connectivity index (χ0v) is 19.4. The van der Waals surface area contributed by atoms with Gasteiger partial charge < -0.3 is 19.8 Å². The van der Waals surface area contributed by atoms with Gasteiger partial charge in [0, 0.05) is 19.8 Å². The number of amides is 1. The van der Waals surface area contributed by atoms with Gasteiger partial charge >= 0.3 is 0 Å². The third-order valence-electron chi connectivity index (χ3n) is 3.93. The third kappa shape index (κ3) is 5.97. The minimum Gasteiger partial charge on any atom is -0.495 e. The van der Waals surface area contributed by atoms with Gasteiger partial charge in [0.1, 0.15) is 16.4 Å². The Kier molecular flexibility index (Phi) is 7.54. The van der Waals surface area contributed by atoms with Crippen LogP contribution in [-0.2, 0) is 21.4 Å². The number of methoxy groups -OCH3 is 1. The van der Waals surface area contributed by atoms with E-state index in [1.807, 2.05) is 6.07 Å². The van der Waals surface area contributed by atoms with Crippen LogP contribution in [0.2, 0.25) is 0 Å². The number of thioether (sulfide) groups is 1. The summed E-state index contributed by atoms with van der Waals surface area (Å²) in [7, 11) is 0.511. The smallest absolute Gasteiger partial charge is 0.246 e. The molecule has 0 saturated heterocycles. The second-order valence-electron chi connectivity index (χ2n) is 6.30. The van der Waals surface area contributed by atoms with Crippen LogP contribution in [-0.4, -0.2) is 55.8 Å². The molecule has 0 aliphatic carbocycles. The van der Waals surface area contributed by atoms with Crippen LogP contribution in [0.3, 0.4) is 0 Å². The molecule has 10 nitrogen and oxygen atoms in total. The first-order valence-electron chi connectivity index (χ1n) is 8.92. The fraction of sp³-hybridized carbons (Fsp3) is 0.278. The highest BCUT2D eigenvalue weighted by molar-refractivity contribution is 8.01. The molecule has 0 atom stereocenters. The minimum atomic E-state index is -3.73. The Morgan fingerprint density at radius 3 is 2.77 bits per heavy atom. The van der Waals surface area contributed by atoms with Crippen LogP contribution in [0.4, 0.5) is 10.8 Å². The molecule has 3 rings (SSSR count). The topological polar surface area (TPSA) is 127 Å². The summed E-state index contributed by atoms with van der Waals surface area (Å²) in [6.45, 7) is 0.489. The van der Waals surface area contributed by atoms with Gasteiger partial charge in [0.2, 0.25) is 21.1 Å². The van der Waals surface area contributed by atoms with Crippen molar-refractivity contribution in [2.45, 2.75) is 15.8 Å². The van der Waals surface area contributed by atoms with E-state index in [9.17, 15) is 13.2 Å². The van der Waals surface area contributed by atoms with Crippen molar-refractivity contribution < 1.29 is 22.4 Å². The van der Waals surface area contributed by atoms with Crippen molar-refractivity contribution in [1.29, 1.82) is 0 Å². The van der Waals surface area contributed by atoms with Crippen molar-refractivity contribution in [2.75, 3.05) is 37.6 Å². The maximum atomic E-state index is 12.5. The Balaban J connectivity index is 1.57. The highest BCUT2D eigenvalue weighted by atomic mass is 32.2. The molecule has 3 aromatic rings. The number of ether oxygens (including phenoxy) is 1. The molecule has 2 N–H and O–H groups in total. The summed E-state index contributed by atoms with van der Waals surface area (Å²) in [5.74, 6) is 0.765. The molecule has 0 unspecified atom stereocenters. The van der Waals surface area contributed by atoms with E-state index in [-0.39, 0.29) is 22.3 Å². The molecule has 1 aromatic carbocycles. The first kappa shape index (κ1) is 23.1. The lowest BCUT2D eigenvalue weighted by Gasteiger charge is -2.15. The molecule has 0 saturated carbocycles. The molecule has 31 heavy (non-hydrogen) atoms.